The highest BCUT2D eigenvalue weighted by atomic mass is 35.5. The molecule has 0 spiro atoms. The maximum absolute atomic E-state index is 10.9. The van der Waals surface area contributed by atoms with E-state index in [1.54, 1.807) is 18.3 Å². The van der Waals surface area contributed by atoms with Crippen LogP contribution in [0.15, 0.2) is 30.6 Å². The molecule has 0 aliphatic heterocycles. The van der Waals surface area contributed by atoms with Crippen LogP contribution in [0.1, 0.15) is 0 Å². The molecule has 1 atom stereocenters. The quantitative estimate of drug-likeness (QED) is 0.498. The number of nitro benzene ring substituents is 1. The van der Waals surface area contributed by atoms with Crippen molar-refractivity contribution >= 4 is 33.7 Å². The van der Waals surface area contributed by atoms with E-state index in [9.17, 15) is 15.2 Å². The van der Waals surface area contributed by atoms with E-state index < -0.39 is 11.0 Å². The van der Waals surface area contributed by atoms with Gasteiger partial charge < -0.3 is 10.4 Å². The maximum atomic E-state index is 10.9. The summed E-state index contributed by atoms with van der Waals surface area (Å²) in [6.45, 7) is 0.269. The lowest BCUT2D eigenvalue weighted by atomic mass is 10.1. The Labute approximate surface area is 114 Å². The number of non-ortho nitro benzene ring substituents is 1. The minimum Gasteiger partial charge on any atom is -0.390 e. The number of pyridine rings is 1. The average molecular weight is 282 g/mol. The van der Waals surface area contributed by atoms with Gasteiger partial charge in [0, 0.05) is 36.1 Å². The van der Waals surface area contributed by atoms with Crippen LogP contribution in [-0.4, -0.2) is 33.5 Å². The van der Waals surface area contributed by atoms with E-state index in [0.29, 0.717) is 16.5 Å². The molecule has 2 aromatic rings. The first-order valence-electron chi connectivity index (χ1n) is 5.62. The molecule has 1 unspecified atom stereocenters. The molecule has 100 valence electrons. The van der Waals surface area contributed by atoms with E-state index in [2.05, 4.69) is 10.3 Å². The summed E-state index contributed by atoms with van der Waals surface area (Å²) in [4.78, 5) is 14.5. The van der Waals surface area contributed by atoms with Crippen LogP contribution in [0.2, 0.25) is 0 Å². The van der Waals surface area contributed by atoms with Gasteiger partial charge in [-0.25, -0.2) is 0 Å². The number of hydrogen-bond acceptors (Lipinski definition) is 5. The van der Waals surface area contributed by atoms with E-state index in [1.165, 1.54) is 12.3 Å². The molecule has 0 saturated heterocycles. The summed E-state index contributed by atoms with van der Waals surface area (Å²) in [5.41, 5.74) is 0.707. The van der Waals surface area contributed by atoms with Crippen LogP contribution in [-0.2, 0) is 0 Å². The summed E-state index contributed by atoms with van der Waals surface area (Å²) in [5, 5.41) is 24.5. The van der Waals surface area contributed by atoms with Gasteiger partial charge in [-0.3, -0.25) is 15.1 Å². The number of aliphatic hydroxyl groups excluding tert-OH is 1. The monoisotopic (exact) mass is 281 g/mol. The van der Waals surface area contributed by atoms with Crippen LogP contribution in [0.4, 0.5) is 11.4 Å². The van der Waals surface area contributed by atoms with Gasteiger partial charge in [0.15, 0.2) is 0 Å². The summed E-state index contributed by atoms with van der Waals surface area (Å²) in [6, 6.07) is 4.62. The average Bonchev–Trinajstić information content (AvgIpc) is 2.43. The highest BCUT2D eigenvalue weighted by Gasteiger charge is 2.14. The summed E-state index contributed by atoms with van der Waals surface area (Å²) in [7, 11) is 0. The number of nitro groups is 1. The Morgan fingerprint density at radius 2 is 2.21 bits per heavy atom. The zero-order valence-corrected chi connectivity index (χ0v) is 10.7. The lowest BCUT2D eigenvalue weighted by Crippen LogP contribution is -2.20. The summed E-state index contributed by atoms with van der Waals surface area (Å²) >= 11 is 5.51. The molecule has 19 heavy (non-hydrogen) atoms. The first kappa shape index (κ1) is 13.5. The zero-order chi connectivity index (χ0) is 13.8. The van der Waals surface area contributed by atoms with Crippen LogP contribution in [0, 0.1) is 10.1 Å². The molecular formula is C12H12ClN3O3. The predicted octanol–water partition coefficient (Wildman–Crippen LogP) is 2.15. The number of aliphatic hydroxyl groups is 1. The van der Waals surface area contributed by atoms with Gasteiger partial charge in [0.2, 0.25) is 0 Å². The van der Waals surface area contributed by atoms with Crippen molar-refractivity contribution in [3.63, 3.8) is 0 Å². The topological polar surface area (TPSA) is 88.3 Å². The zero-order valence-electron chi connectivity index (χ0n) is 9.91. The van der Waals surface area contributed by atoms with Crippen molar-refractivity contribution in [2.24, 2.45) is 0 Å². The van der Waals surface area contributed by atoms with Gasteiger partial charge in [-0.05, 0) is 12.1 Å². The molecule has 0 aliphatic rings. The summed E-state index contributed by atoms with van der Waals surface area (Å²) in [5.74, 6) is 0.121. The maximum Gasteiger partial charge on any atom is 0.277 e. The minimum absolute atomic E-state index is 0.0286. The normalized spacial score (nSPS) is 12.3. The van der Waals surface area contributed by atoms with Gasteiger partial charge >= 0.3 is 0 Å². The molecule has 0 saturated carbocycles. The van der Waals surface area contributed by atoms with Crippen molar-refractivity contribution < 1.29 is 10.0 Å². The number of aromatic nitrogens is 1. The van der Waals surface area contributed by atoms with Crippen molar-refractivity contribution in [2.75, 3.05) is 17.7 Å². The molecule has 0 radical (unpaired) electrons. The fourth-order valence-electron chi connectivity index (χ4n) is 1.77. The third-order valence-corrected chi connectivity index (χ3v) is 3.05. The Balaban J connectivity index is 2.41. The lowest BCUT2D eigenvalue weighted by molar-refractivity contribution is -0.383. The highest BCUT2D eigenvalue weighted by molar-refractivity contribution is 6.18. The van der Waals surface area contributed by atoms with Crippen molar-refractivity contribution in [1.82, 2.24) is 4.98 Å². The van der Waals surface area contributed by atoms with Gasteiger partial charge in [0.25, 0.3) is 5.69 Å². The van der Waals surface area contributed by atoms with Crippen molar-refractivity contribution in [3.05, 3.63) is 40.7 Å². The number of nitrogens with zero attached hydrogens (tertiary/aromatic N) is 2. The molecule has 2 rings (SSSR count). The standard InChI is InChI=1S/C12H12ClN3O3/c13-5-8(17)6-15-11-1-2-12(16(18)19)9-3-4-14-7-10(9)11/h1-4,7-8,15,17H,5-6H2. The van der Waals surface area contributed by atoms with E-state index >= 15 is 0 Å². The number of benzene rings is 1. The molecule has 7 heteroatoms. The molecular weight excluding hydrogens is 270 g/mol. The second-order valence-corrected chi connectivity index (χ2v) is 4.31. The van der Waals surface area contributed by atoms with E-state index in [1.807, 2.05) is 0 Å². The Morgan fingerprint density at radius 1 is 1.42 bits per heavy atom. The number of hydrogen-bond donors (Lipinski definition) is 2. The Hall–Kier alpha value is -1.92. The second-order valence-electron chi connectivity index (χ2n) is 4.00. The predicted molar refractivity (Wildman–Crippen MR) is 73.6 cm³/mol. The number of fused-ring (bicyclic) bond motifs is 1. The largest absolute Gasteiger partial charge is 0.390 e. The van der Waals surface area contributed by atoms with Crippen LogP contribution in [0.3, 0.4) is 0 Å². The van der Waals surface area contributed by atoms with Gasteiger partial charge in [0.05, 0.1) is 22.3 Å². The van der Waals surface area contributed by atoms with Crippen molar-refractivity contribution in [3.8, 4) is 0 Å². The number of rotatable bonds is 5. The molecule has 0 fully saturated rings. The molecule has 1 aromatic heterocycles. The molecule has 6 nitrogen and oxygen atoms in total. The molecule has 1 heterocycles. The second kappa shape index (κ2) is 5.81. The van der Waals surface area contributed by atoms with Crippen molar-refractivity contribution in [1.29, 1.82) is 0 Å². The molecule has 1 aromatic carbocycles. The fourth-order valence-corrected chi connectivity index (χ4v) is 1.88. The van der Waals surface area contributed by atoms with Crippen LogP contribution in [0.25, 0.3) is 10.8 Å². The van der Waals surface area contributed by atoms with Crippen LogP contribution < -0.4 is 5.32 Å². The first-order chi connectivity index (χ1) is 9.13. The van der Waals surface area contributed by atoms with E-state index in [-0.39, 0.29) is 18.1 Å². The van der Waals surface area contributed by atoms with Gasteiger partial charge in [-0.1, -0.05) is 0 Å². The Kier molecular flexibility index (Phi) is 4.13. The molecule has 2 N–H and O–H groups in total. The fraction of sp³-hybridized carbons (Fsp3) is 0.250. The number of alkyl halides is 1. The summed E-state index contributed by atoms with van der Waals surface area (Å²) < 4.78 is 0. The third-order valence-electron chi connectivity index (χ3n) is 2.70. The van der Waals surface area contributed by atoms with Crippen molar-refractivity contribution in [2.45, 2.75) is 6.10 Å². The van der Waals surface area contributed by atoms with Gasteiger partial charge in [-0.15, -0.1) is 11.6 Å². The molecule has 0 amide bonds. The lowest BCUT2D eigenvalue weighted by Gasteiger charge is -2.12. The third kappa shape index (κ3) is 2.91. The minimum atomic E-state index is -0.677. The molecule has 0 aliphatic carbocycles. The molecule has 0 bridgehead atoms. The summed E-state index contributed by atoms with van der Waals surface area (Å²) in [6.07, 6.45) is 2.38. The number of halogens is 1. The first-order valence-corrected chi connectivity index (χ1v) is 6.16. The Morgan fingerprint density at radius 3 is 2.89 bits per heavy atom. The van der Waals surface area contributed by atoms with Crippen LogP contribution in [0.5, 0.6) is 0 Å². The van der Waals surface area contributed by atoms with E-state index in [0.717, 1.165) is 0 Å². The van der Waals surface area contributed by atoms with Gasteiger partial charge in [0.1, 0.15) is 0 Å². The number of anilines is 1. The number of nitrogens with one attached hydrogen (secondary N) is 1. The SMILES string of the molecule is O=[N+]([O-])c1ccc(NCC(O)CCl)c2cnccc12. The van der Waals surface area contributed by atoms with Gasteiger partial charge in [-0.2, -0.15) is 0 Å². The highest BCUT2D eigenvalue weighted by Crippen LogP contribution is 2.30. The van der Waals surface area contributed by atoms with E-state index in [4.69, 9.17) is 11.6 Å². The Bertz CT molecular complexity index is 606. The smallest absolute Gasteiger partial charge is 0.277 e. The van der Waals surface area contributed by atoms with Crippen LogP contribution >= 0.6 is 11.6 Å².